The van der Waals surface area contributed by atoms with Crippen LogP contribution in [0.4, 0.5) is 16.2 Å². The van der Waals surface area contributed by atoms with Crippen molar-refractivity contribution in [2.75, 3.05) is 30.8 Å². The van der Waals surface area contributed by atoms with Gasteiger partial charge in [-0.25, -0.2) is 9.37 Å². The van der Waals surface area contributed by atoms with Crippen LogP contribution in [0.25, 0.3) is 0 Å². The van der Waals surface area contributed by atoms with Crippen LogP contribution < -0.4 is 10.6 Å². The van der Waals surface area contributed by atoms with Crippen molar-refractivity contribution in [2.24, 2.45) is 0 Å². The topological polar surface area (TPSA) is 64.3 Å². The van der Waals surface area contributed by atoms with E-state index in [2.05, 4.69) is 9.97 Å². The molecule has 16 heavy (non-hydrogen) atoms. The molecule has 0 spiro atoms. The van der Waals surface area contributed by atoms with Crippen molar-refractivity contribution in [3.8, 4) is 0 Å². The summed E-state index contributed by atoms with van der Waals surface area (Å²) in [6, 6.07) is 1.61. The van der Waals surface area contributed by atoms with E-state index in [0.717, 1.165) is 0 Å². The van der Waals surface area contributed by atoms with E-state index in [0.29, 0.717) is 24.7 Å². The summed E-state index contributed by atoms with van der Waals surface area (Å²) in [5, 5.41) is 0. The Morgan fingerprint density at radius 2 is 2.44 bits per heavy atom. The monoisotopic (exact) mass is 226 g/mol. The number of rotatable bonds is 2. The molecule has 1 aromatic rings. The fourth-order valence-corrected chi connectivity index (χ4v) is 1.84. The quantitative estimate of drug-likeness (QED) is 0.801. The summed E-state index contributed by atoms with van der Waals surface area (Å²) >= 11 is 0. The summed E-state index contributed by atoms with van der Waals surface area (Å²) in [6.07, 6.45) is 0.879. The Morgan fingerprint density at radius 3 is 3.06 bits per heavy atom. The maximum atomic E-state index is 13.6. The first-order valence-corrected chi connectivity index (χ1v) is 5.21. The Kier molecular flexibility index (Phi) is 3.19. The standard InChI is InChI=1S/C10H15FN4O/c1-16-8-3-5-15(6-7(8)11)10-13-4-2-9(12)14-10/h2,4,7-8H,3,5-6H2,1H3,(H2,12,13,14)/t7-,8-/m0/s1. The summed E-state index contributed by atoms with van der Waals surface area (Å²) in [5.74, 6) is 0.881. The average Bonchev–Trinajstić information content (AvgIpc) is 2.29. The number of hydrogen-bond acceptors (Lipinski definition) is 5. The number of nitrogens with two attached hydrogens (primary N) is 1. The minimum absolute atomic E-state index is 0.252. The van der Waals surface area contributed by atoms with Gasteiger partial charge in [-0.1, -0.05) is 0 Å². The van der Waals surface area contributed by atoms with Crippen molar-refractivity contribution in [2.45, 2.75) is 18.7 Å². The molecule has 0 saturated carbocycles. The summed E-state index contributed by atoms with van der Waals surface area (Å²) in [7, 11) is 1.53. The van der Waals surface area contributed by atoms with Gasteiger partial charge < -0.3 is 15.4 Å². The minimum atomic E-state index is -1.01. The summed E-state index contributed by atoms with van der Waals surface area (Å²) < 4.78 is 18.7. The molecule has 0 aliphatic carbocycles. The third-order valence-corrected chi connectivity index (χ3v) is 2.73. The Balaban J connectivity index is 2.07. The largest absolute Gasteiger partial charge is 0.384 e. The van der Waals surface area contributed by atoms with Gasteiger partial charge in [-0.05, 0) is 12.5 Å². The van der Waals surface area contributed by atoms with Crippen LogP contribution in [0.15, 0.2) is 12.3 Å². The van der Waals surface area contributed by atoms with Crippen LogP contribution in [0.2, 0.25) is 0 Å². The molecule has 5 nitrogen and oxygen atoms in total. The number of nitrogen functional groups attached to an aromatic ring is 1. The summed E-state index contributed by atoms with van der Waals surface area (Å²) in [6.45, 7) is 0.935. The molecule has 0 amide bonds. The van der Waals surface area contributed by atoms with Crippen molar-refractivity contribution in [3.05, 3.63) is 12.3 Å². The number of anilines is 2. The SMILES string of the molecule is CO[C@H]1CCN(c2nccc(N)n2)C[C@@H]1F. The molecule has 6 heteroatoms. The maximum absolute atomic E-state index is 13.6. The van der Waals surface area contributed by atoms with E-state index in [-0.39, 0.29) is 12.6 Å². The maximum Gasteiger partial charge on any atom is 0.227 e. The molecule has 1 fully saturated rings. The second kappa shape index (κ2) is 4.61. The zero-order chi connectivity index (χ0) is 11.5. The first kappa shape index (κ1) is 11.1. The van der Waals surface area contributed by atoms with E-state index in [1.54, 1.807) is 17.2 Å². The molecule has 2 atom stereocenters. The average molecular weight is 226 g/mol. The molecular formula is C10H15FN4O. The van der Waals surface area contributed by atoms with Crippen molar-refractivity contribution < 1.29 is 9.13 Å². The van der Waals surface area contributed by atoms with Crippen LogP contribution in [-0.2, 0) is 4.74 Å². The zero-order valence-electron chi connectivity index (χ0n) is 9.14. The Bertz CT molecular complexity index is 362. The van der Waals surface area contributed by atoms with Crippen LogP contribution in [0.1, 0.15) is 6.42 Å². The minimum Gasteiger partial charge on any atom is -0.384 e. The molecular weight excluding hydrogens is 211 g/mol. The Morgan fingerprint density at radius 1 is 1.62 bits per heavy atom. The Labute approximate surface area is 93.4 Å². The van der Waals surface area contributed by atoms with Gasteiger partial charge in [0.25, 0.3) is 0 Å². The fourth-order valence-electron chi connectivity index (χ4n) is 1.84. The van der Waals surface area contributed by atoms with Crippen molar-refractivity contribution >= 4 is 11.8 Å². The van der Waals surface area contributed by atoms with Crippen LogP contribution in [0.5, 0.6) is 0 Å². The molecule has 2 rings (SSSR count). The van der Waals surface area contributed by atoms with Crippen LogP contribution in [-0.4, -0.2) is 42.4 Å². The number of methoxy groups -OCH3 is 1. The first-order valence-electron chi connectivity index (χ1n) is 5.21. The van der Waals surface area contributed by atoms with Gasteiger partial charge in [-0.2, -0.15) is 4.98 Å². The predicted molar refractivity (Wildman–Crippen MR) is 59.0 cm³/mol. The van der Waals surface area contributed by atoms with E-state index < -0.39 is 6.17 Å². The van der Waals surface area contributed by atoms with Gasteiger partial charge in [-0.15, -0.1) is 0 Å². The van der Waals surface area contributed by atoms with Gasteiger partial charge in [0.15, 0.2) is 0 Å². The van der Waals surface area contributed by atoms with Gasteiger partial charge in [-0.3, -0.25) is 0 Å². The highest BCUT2D eigenvalue weighted by atomic mass is 19.1. The molecule has 1 aliphatic heterocycles. The van der Waals surface area contributed by atoms with Crippen molar-refractivity contribution in [1.29, 1.82) is 0 Å². The van der Waals surface area contributed by atoms with E-state index in [1.807, 2.05) is 0 Å². The zero-order valence-corrected chi connectivity index (χ0v) is 9.14. The van der Waals surface area contributed by atoms with E-state index in [4.69, 9.17) is 10.5 Å². The second-order valence-corrected chi connectivity index (χ2v) is 3.81. The molecule has 88 valence electrons. The van der Waals surface area contributed by atoms with Gasteiger partial charge in [0.05, 0.1) is 12.6 Å². The first-order chi connectivity index (χ1) is 7.70. The van der Waals surface area contributed by atoms with Crippen molar-refractivity contribution in [3.63, 3.8) is 0 Å². The molecule has 2 heterocycles. The highest BCUT2D eigenvalue weighted by molar-refractivity contribution is 5.38. The van der Waals surface area contributed by atoms with E-state index >= 15 is 0 Å². The van der Waals surface area contributed by atoms with Gasteiger partial charge in [0.1, 0.15) is 12.0 Å². The number of hydrogen-bond donors (Lipinski definition) is 1. The fraction of sp³-hybridized carbons (Fsp3) is 0.600. The van der Waals surface area contributed by atoms with Gasteiger partial charge in [0, 0.05) is 19.9 Å². The van der Waals surface area contributed by atoms with Crippen molar-refractivity contribution in [1.82, 2.24) is 9.97 Å². The number of ether oxygens (including phenoxy) is 1. The number of piperidine rings is 1. The molecule has 1 aliphatic rings. The van der Waals surface area contributed by atoms with Gasteiger partial charge in [0.2, 0.25) is 5.95 Å². The number of aromatic nitrogens is 2. The van der Waals surface area contributed by atoms with Gasteiger partial charge >= 0.3 is 0 Å². The molecule has 0 radical (unpaired) electrons. The molecule has 1 aromatic heterocycles. The van der Waals surface area contributed by atoms with Crippen LogP contribution in [0, 0.1) is 0 Å². The Hall–Kier alpha value is -1.43. The number of nitrogens with zero attached hydrogens (tertiary/aromatic N) is 3. The molecule has 0 aromatic carbocycles. The number of halogens is 1. The van der Waals surface area contributed by atoms with E-state index in [9.17, 15) is 4.39 Å². The van der Waals surface area contributed by atoms with Crippen LogP contribution >= 0.6 is 0 Å². The van der Waals surface area contributed by atoms with E-state index in [1.165, 1.54) is 7.11 Å². The third-order valence-electron chi connectivity index (χ3n) is 2.73. The molecule has 2 N–H and O–H groups in total. The number of alkyl halides is 1. The lowest BCUT2D eigenvalue weighted by molar-refractivity contribution is 0.0194. The molecule has 0 unspecified atom stereocenters. The predicted octanol–water partition coefficient (Wildman–Crippen LogP) is 0.622. The second-order valence-electron chi connectivity index (χ2n) is 3.81. The lowest BCUT2D eigenvalue weighted by Gasteiger charge is -2.33. The molecule has 1 saturated heterocycles. The smallest absolute Gasteiger partial charge is 0.227 e. The van der Waals surface area contributed by atoms with Crippen LogP contribution in [0.3, 0.4) is 0 Å². The molecule has 0 bridgehead atoms. The summed E-state index contributed by atoms with van der Waals surface area (Å²) in [4.78, 5) is 9.93. The lowest BCUT2D eigenvalue weighted by Crippen LogP contribution is -2.46. The summed E-state index contributed by atoms with van der Waals surface area (Å²) in [5.41, 5.74) is 5.56. The third kappa shape index (κ3) is 2.21. The highest BCUT2D eigenvalue weighted by Gasteiger charge is 2.30. The lowest BCUT2D eigenvalue weighted by atomic mass is 10.1. The highest BCUT2D eigenvalue weighted by Crippen LogP contribution is 2.20. The normalized spacial score (nSPS) is 25.8.